The number of allylic oxidation sites excluding steroid dienone is 1. The lowest BCUT2D eigenvalue weighted by Crippen LogP contribution is -2.30. The number of ether oxygens (including phenoxy) is 1. The molecule has 0 aliphatic rings. The lowest BCUT2D eigenvalue weighted by Gasteiger charge is -2.16. The second-order valence-electron chi connectivity index (χ2n) is 5.00. The number of benzene rings is 1. The van der Waals surface area contributed by atoms with Crippen molar-refractivity contribution in [2.24, 2.45) is 10.8 Å². The lowest BCUT2D eigenvalue weighted by atomic mass is 10.3. The van der Waals surface area contributed by atoms with Crippen molar-refractivity contribution in [3.8, 4) is 5.75 Å². The van der Waals surface area contributed by atoms with Crippen molar-refractivity contribution in [3.63, 3.8) is 0 Å². The van der Waals surface area contributed by atoms with Gasteiger partial charge in [-0.1, -0.05) is 5.57 Å². The van der Waals surface area contributed by atoms with Gasteiger partial charge in [0.15, 0.2) is 5.11 Å². The van der Waals surface area contributed by atoms with Gasteiger partial charge >= 0.3 is 0 Å². The number of nitrogens with two attached hydrogens (primary N) is 1. The first kappa shape index (κ1) is 16.8. The Morgan fingerprint density at radius 2 is 2.04 bits per heavy atom. The van der Waals surface area contributed by atoms with Gasteiger partial charge in [-0.25, -0.2) is 5.01 Å². The first-order valence-electron chi connectivity index (χ1n) is 7.09. The quantitative estimate of drug-likeness (QED) is 0.379. The van der Waals surface area contributed by atoms with Crippen molar-refractivity contribution >= 4 is 29.2 Å². The van der Waals surface area contributed by atoms with Crippen molar-refractivity contribution in [3.05, 3.63) is 60.1 Å². The minimum Gasteiger partial charge on any atom is -0.490 e. The molecule has 0 spiro atoms. The summed E-state index contributed by atoms with van der Waals surface area (Å²) >= 11 is 5.05. The summed E-state index contributed by atoms with van der Waals surface area (Å²) in [5.41, 5.74) is 7.70. The molecule has 0 saturated carbocycles. The SMILES string of the molecule is CC(C)=CCOc1ccc(N(/N=C/c2ccco2)C(N)=S)cc1. The van der Waals surface area contributed by atoms with E-state index in [4.69, 9.17) is 27.1 Å². The predicted molar refractivity (Wildman–Crippen MR) is 96.9 cm³/mol. The highest BCUT2D eigenvalue weighted by molar-refractivity contribution is 7.80. The van der Waals surface area contributed by atoms with E-state index in [1.54, 1.807) is 24.6 Å². The molecule has 5 nitrogen and oxygen atoms in total. The number of hydrazone groups is 1. The summed E-state index contributed by atoms with van der Waals surface area (Å²) < 4.78 is 10.8. The van der Waals surface area contributed by atoms with Crippen LogP contribution in [0.3, 0.4) is 0 Å². The summed E-state index contributed by atoms with van der Waals surface area (Å²) in [6.45, 7) is 4.60. The number of nitrogens with zero attached hydrogens (tertiary/aromatic N) is 2. The molecule has 2 aromatic rings. The highest BCUT2D eigenvalue weighted by atomic mass is 32.1. The zero-order chi connectivity index (χ0) is 16.7. The molecule has 23 heavy (non-hydrogen) atoms. The molecule has 0 aliphatic carbocycles. The van der Waals surface area contributed by atoms with Crippen LogP contribution in [0, 0.1) is 0 Å². The van der Waals surface area contributed by atoms with Crippen LogP contribution in [0.1, 0.15) is 19.6 Å². The second-order valence-corrected chi connectivity index (χ2v) is 5.41. The third kappa shape index (κ3) is 5.27. The standard InChI is InChI=1S/C17H19N3O2S/c1-13(2)9-11-22-15-7-5-14(6-8-15)20(17(18)23)19-12-16-4-3-10-21-16/h3-10,12H,11H2,1-2H3,(H2,18,23)/b19-12+. The first-order chi connectivity index (χ1) is 11.1. The van der Waals surface area contributed by atoms with Gasteiger partial charge in [0.25, 0.3) is 0 Å². The number of anilines is 1. The van der Waals surface area contributed by atoms with Crippen LogP contribution in [-0.2, 0) is 0 Å². The Morgan fingerprint density at radius 1 is 1.30 bits per heavy atom. The van der Waals surface area contributed by atoms with Crippen LogP contribution in [0.5, 0.6) is 5.75 Å². The molecule has 0 radical (unpaired) electrons. The maximum Gasteiger partial charge on any atom is 0.191 e. The second kappa shape index (κ2) is 8.14. The highest BCUT2D eigenvalue weighted by Crippen LogP contribution is 2.20. The molecule has 0 saturated heterocycles. The molecule has 1 aromatic carbocycles. The number of furan rings is 1. The van der Waals surface area contributed by atoms with Crippen LogP contribution in [0.4, 0.5) is 5.69 Å². The van der Waals surface area contributed by atoms with Crippen molar-refractivity contribution in [2.75, 3.05) is 11.6 Å². The molecule has 2 N–H and O–H groups in total. The minimum absolute atomic E-state index is 0.144. The van der Waals surface area contributed by atoms with Gasteiger partial charge in [0.2, 0.25) is 0 Å². The molecular weight excluding hydrogens is 310 g/mol. The van der Waals surface area contributed by atoms with Gasteiger partial charge in [-0.05, 0) is 68.5 Å². The Kier molecular flexibility index (Phi) is 5.94. The molecule has 0 amide bonds. The molecule has 0 atom stereocenters. The van der Waals surface area contributed by atoms with Gasteiger partial charge in [0, 0.05) is 0 Å². The Balaban J connectivity index is 2.08. The lowest BCUT2D eigenvalue weighted by molar-refractivity contribution is 0.362. The van der Waals surface area contributed by atoms with Crippen LogP contribution < -0.4 is 15.5 Å². The summed E-state index contributed by atoms with van der Waals surface area (Å²) in [5.74, 6) is 1.39. The van der Waals surface area contributed by atoms with E-state index >= 15 is 0 Å². The average Bonchev–Trinajstić information content (AvgIpc) is 3.01. The highest BCUT2D eigenvalue weighted by Gasteiger charge is 2.08. The first-order valence-corrected chi connectivity index (χ1v) is 7.50. The van der Waals surface area contributed by atoms with Crippen LogP contribution in [0.25, 0.3) is 0 Å². The van der Waals surface area contributed by atoms with E-state index in [1.165, 1.54) is 10.6 Å². The molecule has 0 fully saturated rings. The molecule has 1 aromatic heterocycles. The van der Waals surface area contributed by atoms with Crippen molar-refractivity contribution < 1.29 is 9.15 Å². The Morgan fingerprint density at radius 3 is 2.61 bits per heavy atom. The number of thiocarbonyl (C=S) groups is 1. The van der Waals surface area contributed by atoms with E-state index in [1.807, 2.05) is 44.2 Å². The molecule has 6 heteroatoms. The van der Waals surface area contributed by atoms with Gasteiger partial charge in [0.05, 0.1) is 18.2 Å². The van der Waals surface area contributed by atoms with Gasteiger partial charge in [-0.3, -0.25) is 0 Å². The third-order valence-electron chi connectivity index (χ3n) is 2.88. The predicted octanol–water partition coefficient (Wildman–Crippen LogP) is 3.71. The minimum atomic E-state index is 0.144. The van der Waals surface area contributed by atoms with E-state index in [2.05, 4.69) is 5.10 Å². The normalized spacial score (nSPS) is 10.5. The maximum atomic E-state index is 5.73. The molecule has 0 unspecified atom stereocenters. The van der Waals surface area contributed by atoms with Crippen LogP contribution in [-0.4, -0.2) is 17.9 Å². The monoisotopic (exact) mass is 329 g/mol. The summed E-state index contributed by atoms with van der Waals surface area (Å²) in [4.78, 5) is 0. The summed E-state index contributed by atoms with van der Waals surface area (Å²) in [5, 5.41) is 5.85. The van der Waals surface area contributed by atoms with Crippen molar-refractivity contribution in [1.29, 1.82) is 0 Å². The Bertz CT molecular complexity index is 687. The number of hydrogen-bond donors (Lipinski definition) is 1. The van der Waals surface area contributed by atoms with E-state index in [0.29, 0.717) is 12.4 Å². The molecular formula is C17H19N3O2S. The summed E-state index contributed by atoms with van der Waals surface area (Å²) in [6.07, 6.45) is 5.15. The molecule has 2 rings (SSSR count). The molecule has 0 aliphatic heterocycles. The molecule has 120 valence electrons. The maximum absolute atomic E-state index is 5.73. The zero-order valence-corrected chi connectivity index (χ0v) is 13.9. The van der Waals surface area contributed by atoms with Crippen molar-refractivity contribution in [1.82, 2.24) is 0 Å². The summed E-state index contributed by atoms with van der Waals surface area (Å²) in [7, 11) is 0. The Labute approximate surface area is 141 Å². The largest absolute Gasteiger partial charge is 0.490 e. The van der Waals surface area contributed by atoms with E-state index < -0.39 is 0 Å². The number of rotatable bonds is 6. The average molecular weight is 329 g/mol. The third-order valence-corrected chi connectivity index (χ3v) is 3.05. The fraction of sp³-hybridized carbons (Fsp3) is 0.176. The van der Waals surface area contributed by atoms with E-state index in [0.717, 1.165) is 11.4 Å². The van der Waals surface area contributed by atoms with Gasteiger partial charge in [-0.15, -0.1) is 0 Å². The van der Waals surface area contributed by atoms with Gasteiger partial charge in [-0.2, -0.15) is 5.10 Å². The van der Waals surface area contributed by atoms with Gasteiger partial charge < -0.3 is 14.9 Å². The fourth-order valence-corrected chi connectivity index (χ4v) is 1.87. The van der Waals surface area contributed by atoms with Crippen LogP contribution >= 0.6 is 12.2 Å². The smallest absolute Gasteiger partial charge is 0.191 e. The van der Waals surface area contributed by atoms with Crippen LogP contribution in [0.15, 0.2) is 63.8 Å². The van der Waals surface area contributed by atoms with Gasteiger partial charge in [0.1, 0.15) is 18.1 Å². The topological polar surface area (TPSA) is 64.0 Å². The fourth-order valence-electron chi connectivity index (χ4n) is 1.72. The van der Waals surface area contributed by atoms with E-state index in [-0.39, 0.29) is 5.11 Å². The Hall–Kier alpha value is -2.60. The summed E-state index contributed by atoms with van der Waals surface area (Å²) in [6, 6.07) is 11.0. The molecule has 0 bridgehead atoms. The number of hydrogen-bond acceptors (Lipinski definition) is 4. The molecule has 1 heterocycles. The van der Waals surface area contributed by atoms with Crippen LogP contribution in [0.2, 0.25) is 0 Å². The zero-order valence-electron chi connectivity index (χ0n) is 13.1. The van der Waals surface area contributed by atoms with Crippen molar-refractivity contribution in [2.45, 2.75) is 13.8 Å². The van der Waals surface area contributed by atoms with E-state index in [9.17, 15) is 0 Å².